The highest BCUT2D eigenvalue weighted by molar-refractivity contribution is 14.0. The lowest BCUT2D eigenvalue weighted by Gasteiger charge is -2.41. The van der Waals surface area contributed by atoms with Crippen LogP contribution in [0.1, 0.15) is 40.5 Å². The number of halogens is 1. The van der Waals surface area contributed by atoms with E-state index in [1.807, 2.05) is 7.05 Å². The predicted octanol–water partition coefficient (Wildman–Crippen LogP) is 2.02. The summed E-state index contributed by atoms with van der Waals surface area (Å²) in [7, 11) is 1.86. The predicted molar refractivity (Wildman–Crippen MR) is 132 cm³/mol. The minimum Gasteiger partial charge on any atom is -0.379 e. The second-order valence-electron chi connectivity index (χ2n) is 8.51. The van der Waals surface area contributed by atoms with Crippen molar-refractivity contribution < 1.29 is 9.47 Å². The Morgan fingerprint density at radius 2 is 1.52 bits per heavy atom. The highest BCUT2D eigenvalue weighted by Crippen LogP contribution is 2.20. The van der Waals surface area contributed by atoms with E-state index in [9.17, 15) is 0 Å². The first-order valence-electron chi connectivity index (χ1n) is 11.1. The molecule has 8 heteroatoms. The van der Waals surface area contributed by atoms with Crippen LogP contribution in [-0.2, 0) is 9.47 Å². The van der Waals surface area contributed by atoms with Gasteiger partial charge in [0.1, 0.15) is 0 Å². The lowest BCUT2D eigenvalue weighted by atomic mass is 9.92. The number of morpholine rings is 2. The number of rotatable bonds is 9. The lowest BCUT2D eigenvalue weighted by molar-refractivity contribution is -0.00841. The van der Waals surface area contributed by atoms with E-state index >= 15 is 0 Å². The molecule has 0 amide bonds. The number of ether oxygens (including phenoxy) is 2. The van der Waals surface area contributed by atoms with Gasteiger partial charge in [0.2, 0.25) is 0 Å². The molecule has 172 valence electrons. The fraction of sp³-hybridized carbons (Fsp3) is 0.952. The fourth-order valence-electron chi connectivity index (χ4n) is 4.34. The molecular weight excluding hydrogens is 481 g/mol. The van der Waals surface area contributed by atoms with Gasteiger partial charge in [-0.05, 0) is 19.8 Å². The molecule has 0 spiro atoms. The number of hydrogen-bond acceptors (Lipinski definition) is 5. The molecule has 0 radical (unpaired) electrons. The first kappa shape index (κ1) is 26.9. The summed E-state index contributed by atoms with van der Waals surface area (Å²) in [4.78, 5) is 9.57. The summed E-state index contributed by atoms with van der Waals surface area (Å²) in [6, 6.07) is 0.518. The summed E-state index contributed by atoms with van der Waals surface area (Å²) >= 11 is 0. The smallest absolute Gasteiger partial charge is 0.191 e. The van der Waals surface area contributed by atoms with Crippen molar-refractivity contribution in [1.82, 2.24) is 20.4 Å². The molecule has 0 aromatic carbocycles. The molecule has 0 bridgehead atoms. The molecule has 0 aromatic rings. The molecule has 2 N–H and O–H groups in total. The Bertz CT molecular complexity index is 462. The Balaban J connectivity index is 0.00000420. The van der Waals surface area contributed by atoms with Gasteiger partial charge in [-0.2, -0.15) is 0 Å². The number of guanidine groups is 1. The second kappa shape index (κ2) is 14.0. The normalized spacial score (nSPS) is 21.0. The van der Waals surface area contributed by atoms with Crippen LogP contribution >= 0.6 is 24.0 Å². The Kier molecular flexibility index (Phi) is 13.0. The Hall–Kier alpha value is -0.160. The van der Waals surface area contributed by atoms with Gasteiger partial charge in [-0.25, -0.2) is 0 Å². The maximum absolute atomic E-state index is 5.57. The number of nitrogens with zero attached hydrogens (tertiary/aromatic N) is 3. The number of hydrogen-bond donors (Lipinski definition) is 2. The molecule has 1 unspecified atom stereocenters. The summed E-state index contributed by atoms with van der Waals surface area (Å²) in [5.74, 6) is 1.58. The van der Waals surface area contributed by atoms with E-state index in [2.05, 4.69) is 53.1 Å². The van der Waals surface area contributed by atoms with Crippen molar-refractivity contribution >= 4 is 29.9 Å². The summed E-state index contributed by atoms with van der Waals surface area (Å²) in [6.07, 6.45) is 2.41. The van der Waals surface area contributed by atoms with E-state index in [1.54, 1.807) is 0 Å². The topological polar surface area (TPSA) is 61.4 Å². The number of aliphatic imine (C=N–C) groups is 1. The molecule has 1 atom stereocenters. The molecule has 2 saturated heterocycles. The molecule has 2 aliphatic rings. The summed E-state index contributed by atoms with van der Waals surface area (Å²) in [5.41, 5.74) is 0.0698. The molecule has 7 nitrogen and oxygen atoms in total. The molecule has 2 fully saturated rings. The molecule has 2 rings (SSSR count). The standard InChI is InChI=1S/C21H43N5O2.HI/c1-6-18(7-2)19(25-8-12-27-13-9-25)16-23-20(22-5)24-17-21(3,4)26-10-14-28-15-11-26;/h18-19H,6-17H2,1-5H3,(H2,22,23,24);1H. The van der Waals surface area contributed by atoms with Gasteiger partial charge in [-0.1, -0.05) is 26.7 Å². The number of nitrogens with one attached hydrogen (secondary N) is 2. The Labute approximate surface area is 195 Å². The maximum atomic E-state index is 5.57. The summed E-state index contributed by atoms with van der Waals surface area (Å²) < 4.78 is 11.1. The zero-order valence-electron chi connectivity index (χ0n) is 19.2. The van der Waals surface area contributed by atoms with E-state index in [-0.39, 0.29) is 29.5 Å². The third kappa shape index (κ3) is 8.47. The van der Waals surface area contributed by atoms with Crippen molar-refractivity contribution in [2.45, 2.75) is 52.1 Å². The Morgan fingerprint density at radius 3 is 2.03 bits per heavy atom. The van der Waals surface area contributed by atoms with Crippen LogP contribution in [0.4, 0.5) is 0 Å². The van der Waals surface area contributed by atoms with Crippen LogP contribution in [0.15, 0.2) is 4.99 Å². The summed E-state index contributed by atoms with van der Waals surface area (Å²) in [5, 5.41) is 7.16. The van der Waals surface area contributed by atoms with E-state index in [1.165, 1.54) is 12.8 Å². The lowest BCUT2D eigenvalue weighted by Crippen LogP contribution is -2.57. The zero-order valence-corrected chi connectivity index (χ0v) is 21.5. The van der Waals surface area contributed by atoms with Gasteiger partial charge in [0.15, 0.2) is 5.96 Å². The van der Waals surface area contributed by atoms with E-state index in [4.69, 9.17) is 9.47 Å². The SMILES string of the molecule is CCC(CC)C(CNC(=NC)NCC(C)(C)N1CCOCC1)N1CCOCC1.I. The summed E-state index contributed by atoms with van der Waals surface area (Å²) in [6.45, 7) is 18.4. The molecule has 0 saturated carbocycles. The van der Waals surface area contributed by atoms with E-state index in [0.717, 1.165) is 71.7 Å². The van der Waals surface area contributed by atoms with E-state index in [0.29, 0.717) is 12.0 Å². The van der Waals surface area contributed by atoms with Crippen LogP contribution in [-0.4, -0.2) is 100 Å². The van der Waals surface area contributed by atoms with Crippen LogP contribution in [0.25, 0.3) is 0 Å². The van der Waals surface area contributed by atoms with Crippen molar-refractivity contribution in [3.05, 3.63) is 0 Å². The third-order valence-corrected chi connectivity index (χ3v) is 6.37. The van der Waals surface area contributed by atoms with Crippen LogP contribution in [0.5, 0.6) is 0 Å². The quantitative estimate of drug-likeness (QED) is 0.273. The van der Waals surface area contributed by atoms with Gasteiger partial charge >= 0.3 is 0 Å². The van der Waals surface area contributed by atoms with Crippen LogP contribution < -0.4 is 10.6 Å². The van der Waals surface area contributed by atoms with Gasteiger partial charge in [-0.3, -0.25) is 14.8 Å². The maximum Gasteiger partial charge on any atom is 0.191 e. The first-order valence-corrected chi connectivity index (χ1v) is 11.1. The van der Waals surface area contributed by atoms with Crippen molar-refractivity contribution in [2.24, 2.45) is 10.9 Å². The average Bonchev–Trinajstić information content (AvgIpc) is 2.74. The average molecular weight is 526 g/mol. The molecular formula is C21H44IN5O2. The second-order valence-corrected chi connectivity index (χ2v) is 8.51. The molecule has 2 heterocycles. The van der Waals surface area contributed by atoms with Crippen molar-refractivity contribution in [3.63, 3.8) is 0 Å². The molecule has 0 aliphatic carbocycles. The monoisotopic (exact) mass is 525 g/mol. The van der Waals surface area contributed by atoms with Gasteiger partial charge in [0.25, 0.3) is 0 Å². The van der Waals surface area contributed by atoms with Gasteiger partial charge < -0.3 is 20.1 Å². The van der Waals surface area contributed by atoms with Gasteiger partial charge in [-0.15, -0.1) is 24.0 Å². The first-order chi connectivity index (χ1) is 13.5. The van der Waals surface area contributed by atoms with E-state index < -0.39 is 0 Å². The minimum absolute atomic E-state index is 0. The van der Waals surface area contributed by atoms with Crippen molar-refractivity contribution in [2.75, 3.05) is 72.7 Å². The van der Waals surface area contributed by atoms with Crippen molar-refractivity contribution in [1.29, 1.82) is 0 Å². The fourth-order valence-corrected chi connectivity index (χ4v) is 4.34. The zero-order chi connectivity index (χ0) is 20.4. The molecule has 2 aliphatic heterocycles. The minimum atomic E-state index is 0. The van der Waals surface area contributed by atoms with Gasteiger partial charge in [0, 0.05) is 57.9 Å². The highest BCUT2D eigenvalue weighted by atomic mass is 127. The molecule has 29 heavy (non-hydrogen) atoms. The van der Waals surface area contributed by atoms with Crippen LogP contribution in [0.2, 0.25) is 0 Å². The van der Waals surface area contributed by atoms with Crippen LogP contribution in [0, 0.1) is 5.92 Å². The largest absolute Gasteiger partial charge is 0.379 e. The van der Waals surface area contributed by atoms with Crippen molar-refractivity contribution in [3.8, 4) is 0 Å². The van der Waals surface area contributed by atoms with Gasteiger partial charge in [0.05, 0.1) is 26.4 Å². The van der Waals surface area contributed by atoms with Crippen LogP contribution in [0.3, 0.4) is 0 Å². The Morgan fingerprint density at radius 1 is 0.966 bits per heavy atom. The third-order valence-electron chi connectivity index (χ3n) is 6.37. The highest BCUT2D eigenvalue weighted by Gasteiger charge is 2.29. The molecule has 0 aromatic heterocycles.